The summed E-state index contributed by atoms with van der Waals surface area (Å²) in [5.41, 5.74) is -0.351. The molecule has 24 heavy (non-hydrogen) atoms. The molecule has 146 valence electrons. The molecule has 0 aromatic heterocycles. The lowest BCUT2D eigenvalue weighted by Crippen LogP contribution is -2.50. The van der Waals surface area contributed by atoms with E-state index in [9.17, 15) is 4.57 Å². The van der Waals surface area contributed by atoms with Crippen LogP contribution in [0.4, 0.5) is 0 Å². The van der Waals surface area contributed by atoms with E-state index in [-0.39, 0.29) is 11.7 Å². The smallest absolute Gasteiger partial charge is 0.377 e. The van der Waals surface area contributed by atoms with E-state index in [4.69, 9.17) is 35.6 Å². The highest BCUT2D eigenvalue weighted by molar-refractivity contribution is 7.54. The van der Waals surface area contributed by atoms with Gasteiger partial charge in [-0.2, -0.15) is 0 Å². The Balaban J connectivity index is 5.51. The molecule has 0 aliphatic carbocycles. The van der Waals surface area contributed by atoms with Gasteiger partial charge in [0.2, 0.25) is 0 Å². The molecule has 0 fully saturated rings. The summed E-state index contributed by atoms with van der Waals surface area (Å²) in [6.07, 6.45) is 0.573. The molecule has 0 aliphatic rings. The zero-order valence-corrected chi connectivity index (χ0v) is 18.7. The number of hydrogen-bond acceptors (Lipinski definition) is 9. The van der Waals surface area contributed by atoms with Gasteiger partial charge in [0.05, 0.1) is 6.16 Å². The first-order chi connectivity index (χ1) is 11.3. The van der Waals surface area contributed by atoms with Crippen molar-refractivity contribution in [2.75, 3.05) is 63.0 Å². The molecule has 0 amide bonds. The van der Waals surface area contributed by atoms with E-state index in [0.717, 1.165) is 0 Å². The Morgan fingerprint density at radius 1 is 0.750 bits per heavy atom. The molecular formula is C12H31O9PSi2. The maximum Gasteiger partial charge on any atom is 0.504 e. The first-order valence-corrected chi connectivity index (χ1v) is 12.8. The van der Waals surface area contributed by atoms with Gasteiger partial charge in [0.15, 0.2) is 0 Å². The van der Waals surface area contributed by atoms with Crippen molar-refractivity contribution in [3.63, 3.8) is 0 Å². The second-order valence-corrected chi connectivity index (χ2v) is 13.6. The third-order valence-corrected chi connectivity index (χ3v) is 12.4. The zero-order valence-electron chi connectivity index (χ0n) is 15.8. The SMILES string of the molecule is CO[Si](CCC(CP(=O)(OC)OC)[Si](OC)(OC)OC)(OC)OC. The van der Waals surface area contributed by atoms with E-state index in [1.807, 2.05) is 0 Å². The summed E-state index contributed by atoms with van der Waals surface area (Å²) < 4.78 is 55.7. The molecular weight excluding hydrogens is 375 g/mol. The maximum atomic E-state index is 12.6. The van der Waals surface area contributed by atoms with E-state index < -0.39 is 25.2 Å². The third-order valence-electron chi connectivity index (χ3n) is 4.09. The molecule has 1 atom stereocenters. The molecule has 0 saturated heterocycles. The van der Waals surface area contributed by atoms with Crippen molar-refractivity contribution in [1.29, 1.82) is 0 Å². The Labute approximate surface area is 147 Å². The van der Waals surface area contributed by atoms with Crippen molar-refractivity contribution in [2.24, 2.45) is 0 Å². The van der Waals surface area contributed by atoms with E-state index >= 15 is 0 Å². The molecule has 0 N–H and O–H groups in total. The average molecular weight is 407 g/mol. The summed E-state index contributed by atoms with van der Waals surface area (Å²) >= 11 is 0. The summed E-state index contributed by atoms with van der Waals surface area (Å²) in [7, 11) is 2.61. The van der Waals surface area contributed by atoms with Crippen LogP contribution in [0.2, 0.25) is 11.6 Å². The molecule has 0 aromatic carbocycles. The summed E-state index contributed by atoms with van der Waals surface area (Å²) in [6, 6.07) is 0.472. The summed E-state index contributed by atoms with van der Waals surface area (Å²) in [5.74, 6) is 0. The minimum atomic E-state index is -3.29. The summed E-state index contributed by atoms with van der Waals surface area (Å²) in [6.45, 7) is 0. The van der Waals surface area contributed by atoms with Crippen LogP contribution in [0.1, 0.15) is 6.42 Å². The lowest BCUT2D eigenvalue weighted by molar-refractivity contribution is 0.106. The molecule has 0 heterocycles. The van der Waals surface area contributed by atoms with Gasteiger partial charge < -0.3 is 35.6 Å². The molecule has 0 aromatic rings. The Morgan fingerprint density at radius 2 is 1.17 bits per heavy atom. The molecule has 9 nitrogen and oxygen atoms in total. The minimum Gasteiger partial charge on any atom is -0.377 e. The van der Waals surface area contributed by atoms with Gasteiger partial charge >= 0.3 is 25.2 Å². The molecule has 0 aliphatic heterocycles. The number of hydrogen-bond donors (Lipinski definition) is 0. The Kier molecular flexibility index (Phi) is 11.3. The fourth-order valence-electron chi connectivity index (χ4n) is 2.53. The van der Waals surface area contributed by atoms with Gasteiger partial charge in [-0.15, -0.1) is 0 Å². The minimum absolute atomic E-state index is 0.0867. The van der Waals surface area contributed by atoms with Crippen molar-refractivity contribution in [1.82, 2.24) is 0 Å². The molecule has 0 saturated carbocycles. The molecule has 0 radical (unpaired) electrons. The first kappa shape index (κ1) is 24.3. The van der Waals surface area contributed by atoms with Crippen molar-refractivity contribution in [3.8, 4) is 0 Å². The van der Waals surface area contributed by atoms with E-state index in [1.165, 1.54) is 56.9 Å². The van der Waals surface area contributed by atoms with Gasteiger partial charge in [0.1, 0.15) is 0 Å². The molecule has 1 unspecified atom stereocenters. The lowest BCUT2D eigenvalue weighted by Gasteiger charge is -2.35. The van der Waals surface area contributed by atoms with Crippen LogP contribution in [0, 0.1) is 0 Å². The highest BCUT2D eigenvalue weighted by Crippen LogP contribution is 2.52. The lowest BCUT2D eigenvalue weighted by atomic mass is 10.4. The molecule has 0 spiro atoms. The third kappa shape index (κ3) is 5.95. The van der Waals surface area contributed by atoms with E-state index in [2.05, 4.69) is 0 Å². The van der Waals surface area contributed by atoms with Gasteiger partial charge in [-0.25, -0.2) is 0 Å². The second kappa shape index (κ2) is 11.1. The van der Waals surface area contributed by atoms with Crippen molar-refractivity contribution >= 4 is 25.2 Å². The van der Waals surface area contributed by atoms with Crippen LogP contribution in [0.5, 0.6) is 0 Å². The van der Waals surface area contributed by atoms with Crippen molar-refractivity contribution < 1.29 is 40.2 Å². The van der Waals surface area contributed by atoms with Crippen molar-refractivity contribution in [3.05, 3.63) is 0 Å². The predicted octanol–water partition coefficient (Wildman–Crippen LogP) is 1.99. The average Bonchev–Trinajstić information content (AvgIpc) is 2.64. The van der Waals surface area contributed by atoms with E-state index in [0.29, 0.717) is 12.5 Å². The predicted molar refractivity (Wildman–Crippen MR) is 93.2 cm³/mol. The zero-order chi connectivity index (χ0) is 18.9. The molecule has 12 heteroatoms. The van der Waals surface area contributed by atoms with Crippen LogP contribution in [0.15, 0.2) is 0 Å². The quantitative estimate of drug-likeness (QED) is 0.317. The van der Waals surface area contributed by atoms with E-state index in [1.54, 1.807) is 0 Å². The summed E-state index contributed by atoms with van der Waals surface area (Å²) in [4.78, 5) is 0. The first-order valence-electron chi connectivity index (χ1n) is 7.31. The fourth-order valence-corrected chi connectivity index (χ4v) is 9.37. The Morgan fingerprint density at radius 3 is 1.46 bits per heavy atom. The fraction of sp³-hybridized carbons (Fsp3) is 1.00. The van der Waals surface area contributed by atoms with Crippen molar-refractivity contribution in [2.45, 2.75) is 18.0 Å². The summed E-state index contributed by atoms with van der Waals surface area (Å²) in [5, 5.41) is 0. The molecule has 0 bridgehead atoms. The normalized spacial score (nSPS) is 14.8. The van der Waals surface area contributed by atoms with Crippen LogP contribution in [-0.2, 0) is 40.2 Å². The molecule has 0 rings (SSSR count). The van der Waals surface area contributed by atoms with Crippen LogP contribution in [0.3, 0.4) is 0 Å². The number of rotatable bonds is 14. The van der Waals surface area contributed by atoms with Crippen LogP contribution in [-0.4, -0.2) is 80.6 Å². The van der Waals surface area contributed by atoms with Gasteiger partial charge in [-0.3, -0.25) is 4.57 Å². The second-order valence-electron chi connectivity index (χ2n) is 4.91. The highest BCUT2D eigenvalue weighted by Gasteiger charge is 2.52. The highest BCUT2D eigenvalue weighted by atomic mass is 31.2. The van der Waals surface area contributed by atoms with Crippen LogP contribution >= 0.6 is 7.60 Å². The van der Waals surface area contributed by atoms with Gasteiger partial charge in [0, 0.05) is 68.5 Å². The van der Waals surface area contributed by atoms with Gasteiger partial charge in [-0.1, -0.05) is 0 Å². The monoisotopic (exact) mass is 406 g/mol. The Bertz CT molecular complexity index is 366. The maximum absolute atomic E-state index is 12.6. The Hall–Kier alpha value is 0.344. The van der Waals surface area contributed by atoms with Gasteiger partial charge in [-0.05, 0) is 6.42 Å². The standard InChI is InChI=1S/C12H31O9PSi2/c1-14-22(13,15-2)11-12(24(19-6,20-7)21-8)9-10-23(16-3,17-4)18-5/h12H,9-11H2,1-8H3. The van der Waals surface area contributed by atoms with Gasteiger partial charge in [0.25, 0.3) is 0 Å². The van der Waals surface area contributed by atoms with Crippen LogP contribution < -0.4 is 0 Å². The largest absolute Gasteiger partial charge is 0.504 e. The van der Waals surface area contributed by atoms with Crippen LogP contribution in [0.25, 0.3) is 0 Å². The topological polar surface area (TPSA) is 90.9 Å².